The molecule has 212 valence electrons. The van der Waals surface area contributed by atoms with E-state index in [0.717, 1.165) is 17.3 Å². The molecule has 0 N–H and O–H groups in total. The number of pyridine rings is 1. The first-order chi connectivity index (χ1) is 19.7. The maximum Gasteiger partial charge on any atom is 0.416 e. The molecule has 2 aromatic heterocycles. The van der Waals surface area contributed by atoms with Gasteiger partial charge in [-0.1, -0.05) is 30.3 Å². The molecule has 0 saturated carbocycles. The van der Waals surface area contributed by atoms with Gasteiger partial charge in [-0.3, -0.25) is 0 Å². The van der Waals surface area contributed by atoms with Crippen molar-refractivity contribution in [2.75, 3.05) is 25.6 Å². The normalized spacial score (nSPS) is 11.1. The van der Waals surface area contributed by atoms with Crippen molar-refractivity contribution in [3.05, 3.63) is 107 Å². The van der Waals surface area contributed by atoms with Gasteiger partial charge < -0.3 is 19.1 Å². The van der Waals surface area contributed by atoms with Crippen LogP contribution in [0.25, 0.3) is 0 Å². The van der Waals surface area contributed by atoms with Crippen LogP contribution in [0.1, 0.15) is 34.4 Å². The summed E-state index contributed by atoms with van der Waals surface area (Å²) in [6, 6.07) is 18.5. The first-order valence-corrected chi connectivity index (χ1v) is 13.3. The Morgan fingerprint density at radius 3 is 2.49 bits per heavy atom. The Labute approximate surface area is 242 Å². The van der Waals surface area contributed by atoms with Crippen molar-refractivity contribution in [1.82, 2.24) is 19.4 Å². The zero-order valence-electron chi connectivity index (χ0n) is 22.7. The predicted octanol–water partition coefficient (Wildman–Crippen LogP) is 6.08. The Balaban J connectivity index is 1.51. The van der Waals surface area contributed by atoms with Gasteiger partial charge in [-0.2, -0.15) is 18.4 Å². The molecule has 41 heavy (non-hydrogen) atoms. The van der Waals surface area contributed by atoms with Gasteiger partial charge in [0.15, 0.2) is 5.11 Å². The molecule has 4 rings (SSSR count). The molecule has 0 atom stereocenters. The lowest BCUT2D eigenvalue weighted by Gasteiger charge is -2.32. The summed E-state index contributed by atoms with van der Waals surface area (Å²) in [7, 11) is 3.29. The lowest BCUT2D eigenvalue weighted by atomic mass is 10.1. The van der Waals surface area contributed by atoms with E-state index in [1.165, 1.54) is 19.2 Å². The highest BCUT2D eigenvalue weighted by Crippen LogP contribution is 2.32. The Bertz CT molecular complexity index is 1500. The smallest absolute Gasteiger partial charge is 0.416 e. The first kappa shape index (κ1) is 29.6. The fourth-order valence-electron chi connectivity index (χ4n) is 4.43. The third-order valence-corrected chi connectivity index (χ3v) is 7.19. The standard InChI is InChI=1S/C30H29F3N6OS/c1-37(25-13-14-28(40-2)36-18-25)29(41)38(20-24-6-3-4-8-27(24)30(31,32)33)15-5-7-26-17-35-21-39(26)19-23-11-9-22(16-34)10-12-23/h3-4,6,8-14,17-18,21H,5,7,15,19-20H2,1-2H3. The highest BCUT2D eigenvalue weighted by atomic mass is 32.1. The van der Waals surface area contributed by atoms with Crippen LogP contribution in [-0.4, -0.2) is 45.2 Å². The molecule has 0 saturated heterocycles. The molecule has 4 aromatic rings. The number of thiocarbonyl (C=S) groups is 1. The SMILES string of the molecule is COc1ccc(N(C)C(=S)N(CCCc2cncn2Cc2ccc(C#N)cc2)Cc2ccccc2C(F)(F)F)cn1. The average Bonchev–Trinajstić information content (AvgIpc) is 3.42. The summed E-state index contributed by atoms with van der Waals surface area (Å²) in [6.45, 7) is 1.00. The van der Waals surface area contributed by atoms with Gasteiger partial charge in [-0.15, -0.1) is 0 Å². The zero-order valence-corrected chi connectivity index (χ0v) is 23.5. The van der Waals surface area contributed by atoms with Crippen molar-refractivity contribution in [2.45, 2.75) is 32.1 Å². The number of hydrogen-bond acceptors (Lipinski definition) is 5. The fraction of sp³-hybridized carbons (Fsp3) is 0.267. The average molecular weight is 579 g/mol. The van der Waals surface area contributed by atoms with Gasteiger partial charge in [-0.05, 0) is 60.5 Å². The second kappa shape index (κ2) is 13.3. The molecule has 0 amide bonds. The second-order valence-corrected chi connectivity index (χ2v) is 9.77. The Morgan fingerprint density at radius 2 is 1.83 bits per heavy atom. The second-order valence-electron chi connectivity index (χ2n) is 9.40. The van der Waals surface area contributed by atoms with Crippen LogP contribution in [-0.2, 0) is 25.7 Å². The van der Waals surface area contributed by atoms with E-state index in [4.69, 9.17) is 22.2 Å². The molecule has 0 aliphatic rings. The summed E-state index contributed by atoms with van der Waals surface area (Å²) in [5.41, 5.74) is 2.77. The van der Waals surface area contributed by atoms with Crippen LogP contribution in [0.2, 0.25) is 0 Å². The van der Waals surface area contributed by atoms with Crippen LogP contribution in [0.3, 0.4) is 0 Å². The first-order valence-electron chi connectivity index (χ1n) is 12.9. The molecule has 11 heteroatoms. The number of nitrogens with zero attached hydrogens (tertiary/aromatic N) is 6. The van der Waals surface area contributed by atoms with E-state index in [-0.39, 0.29) is 12.1 Å². The van der Waals surface area contributed by atoms with Gasteiger partial charge in [0.1, 0.15) is 0 Å². The number of anilines is 1. The minimum atomic E-state index is -4.48. The quantitative estimate of drug-likeness (QED) is 0.211. The predicted molar refractivity (Wildman–Crippen MR) is 154 cm³/mol. The zero-order chi connectivity index (χ0) is 29.4. The van der Waals surface area contributed by atoms with Crippen LogP contribution < -0.4 is 9.64 Å². The van der Waals surface area contributed by atoms with Crippen LogP contribution in [0, 0.1) is 11.3 Å². The van der Waals surface area contributed by atoms with E-state index in [2.05, 4.69) is 16.0 Å². The lowest BCUT2D eigenvalue weighted by molar-refractivity contribution is -0.138. The van der Waals surface area contributed by atoms with Gasteiger partial charge in [0, 0.05) is 44.6 Å². The Morgan fingerprint density at radius 1 is 1.07 bits per heavy atom. The van der Waals surface area contributed by atoms with Crippen molar-refractivity contribution in [1.29, 1.82) is 5.26 Å². The molecule has 0 aliphatic heterocycles. The molecule has 0 radical (unpaired) electrons. The number of alkyl halides is 3. The third-order valence-electron chi connectivity index (χ3n) is 6.65. The van der Waals surface area contributed by atoms with E-state index in [9.17, 15) is 13.2 Å². The summed E-state index contributed by atoms with van der Waals surface area (Å²) in [4.78, 5) is 12.0. The summed E-state index contributed by atoms with van der Waals surface area (Å²) in [5, 5.41) is 9.41. The number of aryl methyl sites for hydroxylation is 1. The summed E-state index contributed by atoms with van der Waals surface area (Å²) in [6.07, 6.45) is 1.94. The number of rotatable bonds is 10. The van der Waals surface area contributed by atoms with Crippen molar-refractivity contribution in [2.24, 2.45) is 0 Å². The molecule has 0 spiro atoms. The van der Waals surface area contributed by atoms with Crippen molar-refractivity contribution in [3.63, 3.8) is 0 Å². The van der Waals surface area contributed by atoms with Gasteiger partial charge in [0.05, 0.1) is 42.5 Å². The number of benzene rings is 2. The van der Waals surface area contributed by atoms with E-state index in [1.54, 1.807) is 65.9 Å². The fourth-order valence-corrected chi connectivity index (χ4v) is 4.69. The van der Waals surface area contributed by atoms with Gasteiger partial charge in [-0.25, -0.2) is 9.97 Å². The molecule has 2 aromatic carbocycles. The number of imidazole rings is 1. The Kier molecular flexibility index (Phi) is 9.57. The summed E-state index contributed by atoms with van der Waals surface area (Å²) >= 11 is 5.79. The third kappa shape index (κ3) is 7.61. The number of nitriles is 1. The maximum absolute atomic E-state index is 13.8. The number of halogens is 3. The van der Waals surface area contributed by atoms with E-state index in [1.807, 2.05) is 16.7 Å². The molecular weight excluding hydrogens is 549 g/mol. The Hall–Kier alpha value is -4.43. The minimum absolute atomic E-state index is 0.00700. The highest BCUT2D eigenvalue weighted by molar-refractivity contribution is 7.80. The maximum atomic E-state index is 13.8. The number of methoxy groups -OCH3 is 1. The summed E-state index contributed by atoms with van der Waals surface area (Å²) in [5.74, 6) is 0.446. The molecule has 7 nitrogen and oxygen atoms in total. The number of ether oxygens (including phenoxy) is 1. The molecule has 0 aliphatic carbocycles. The summed E-state index contributed by atoms with van der Waals surface area (Å²) < 4.78 is 48.5. The van der Waals surface area contributed by atoms with Crippen molar-refractivity contribution in [3.8, 4) is 11.9 Å². The van der Waals surface area contributed by atoms with Gasteiger partial charge >= 0.3 is 6.18 Å². The van der Waals surface area contributed by atoms with Crippen molar-refractivity contribution >= 4 is 23.0 Å². The van der Waals surface area contributed by atoms with Crippen molar-refractivity contribution < 1.29 is 17.9 Å². The van der Waals surface area contributed by atoms with E-state index >= 15 is 0 Å². The minimum Gasteiger partial charge on any atom is -0.481 e. The largest absolute Gasteiger partial charge is 0.481 e. The van der Waals surface area contributed by atoms with Gasteiger partial charge in [0.2, 0.25) is 5.88 Å². The molecule has 0 bridgehead atoms. The van der Waals surface area contributed by atoms with E-state index in [0.29, 0.717) is 48.2 Å². The lowest BCUT2D eigenvalue weighted by Crippen LogP contribution is -2.41. The monoisotopic (exact) mass is 578 g/mol. The van der Waals surface area contributed by atoms with Crippen LogP contribution in [0.4, 0.5) is 18.9 Å². The topological polar surface area (TPSA) is 70.2 Å². The molecular formula is C30H29F3N6OS. The van der Waals surface area contributed by atoms with Crippen LogP contribution in [0.15, 0.2) is 79.4 Å². The van der Waals surface area contributed by atoms with Gasteiger partial charge in [0.25, 0.3) is 0 Å². The number of hydrogen-bond donors (Lipinski definition) is 0. The highest BCUT2D eigenvalue weighted by Gasteiger charge is 2.33. The van der Waals surface area contributed by atoms with E-state index < -0.39 is 11.7 Å². The van der Waals surface area contributed by atoms with Crippen LogP contribution in [0.5, 0.6) is 5.88 Å². The molecule has 2 heterocycles. The molecule has 0 unspecified atom stereocenters. The number of aromatic nitrogens is 3. The van der Waals surface area contributed by atoms with Crippen LogP contribution >= 0.6 is 12.2 Å². The molecule has 0 fully saturated rings.